The smallest absolute Gasteiger partial charge is 0.193 e. The predicted molar refractivity (Wildman–Crippen MR) is 102 cm³/mol. The first kappa shape index (κ1) is 18.9. The topological polar surface area (TPSA) is 46.1 Å². The summed E-state index contributed by atoms with van der Waals surface area (Å²) in [4.78, 5) is 6.57. The molecule has 1 fully saturated rings. The summed E-state index contributed by atoms with van der Waals surface area (Å²) in [5.74, 6) is 1.81. The molecule has 134 valence electrons. The van der Waals surface area contributed by atoms with Crippen LogP contribution in [0.25, 0.3) is 0 Å². The molecule has 1 heterocycles. The minimum absolute atomic E-state index is 0.236. The summed E-state index contributed by atoms with van der Waals surface area (Å²) in [6.45, 7) is 3.34. The lowest BCUT2D eigenvalue weighted by Gasteiger charge is -2.37. The van der Waals surface area contributed by atoms with Crippen molar-refractivity contribution in [1.82, 2.24) is 10.2 Å². The van der Waals surface area contributed by atoms with Crippen LogP contribution in [0.5, 0.6) is 5.75 Å². The Kier molecular flexibility index (Phi) is 7.24. The highest BCUT2D eigenvalue weighted by atomic mass is 32.2. The van der Waals surface area contributed by atoms with E-state index in [-0.39, 0.29) is 4.75 Å². The van der Waals surface area contributed by atoms with Gasteiger partial charge in [-0.15, -0.1) is 0 Å². The average molecular weight is 352 g/mol. The molecule has 1 aromatic carbocycles. The van der Waals surface area contributed by atoms with Crippen molar-refractivity contribution in [2.75, 3.05) is 47.2 Å². The van der Waals surface area contributed by atoms with Gasteiger partial charge in [0.1, 0.15) is 5.75 Å². The predicted octanol–water partition coefficient (Wildman–Crippen LogP) is 2.61. The number of benzene rings is 1. The molecule has 0 atom stereocenters. The highest BCUT2D eigenvalue weighted by Crippen LogP contribution is 2.33. The number of aliphatic imine (C=N–C) groups is 1. The first-order valence-corrected chi connectivity index (χ1v) is 9.53. The summed E-state index contributed by atoms with van der Waals surface area (Å²) in [5.41, 5.74) is 1.15. The molecule has 0 aromatic heterocycles. The maximum absolute atomic E-state index is 5.52. The molecule has 24 heavy (non-hydrogen) atoms. The molecule has 6 heteroatoms. The van der Waals surface area contributed by atoms with Crippen LogP contribution < -0.4 is 10.1 Å². The number of hydrogen-bond acceptors (Lipinski definition) is 4. The van der Waals surface area contributed by atoms with Crippen molar-refractivity contribution in [1.29, 1.82) is 0 Å². The Balaban J connectivity index is 1.97. The lowest BCUT2D eigenvalue weighted by atomic mass is 9.99. The van der Waals surface area contributed by atoms with Gasteiger partial charge in [0.05, 0.1) is 7.11 Å². The van der Waals surface area contributed by atoms with Crippen LogP contribution in [0.4, 0.5) is 0 Å². The van der Waals surface area contributed by atoms with Crippen molar-refractivity contribution >= 4 is 17.7 Å². The van der Waals surface area contributed by atoms with E-state index in [1.54, 1.807) is 7.11 Å². The standard InChI is InChI=1S/C18H29N3O2S/c1-19-17(20-14-18(24-4)9-11-23-12-10-18)21(2)13-15-7-5-6-8-16(15)22-3/h5-8H,9-14H2,1-4H3,(H,19,20). The van der Waals surface area contributed by atoms with Gasteiger partial charge in [-0.05, 0) is 25.2 Å². The molecule has 0 bridgehead atoms. The molecule has 1 aliphatic rings. The number of nitrogens with one attached hydrogen (secondary N) is 1. The summed E-state index contributed by atoms with van der Waals surface area (Å²) in [6, 6.07) is 8.10. The van der Waals surface area contributed by atoms with Crippen LogP contribution >= 0.6 is 11.8 Å². The maximum atomic E-state index is 5.52. The highest BCUT2D eigenvalue weighted by molar-refractivity contribution is 8.00. The van der Waals surface area contributed by atoms with E-state index >= 15 is 0 Å². The number of methoxy groups -OCH3 is 1. The molecule has 0 aliphatic carbocycles. The molecule has 0 radical (unpaired) electrons. The van der Waals surface area contributed by atoms with Gasteiger partial charge in [-0.3, -0.25) is 4.99 Å². The number of nitrogens with zero attached hydrogens (tertiary/aromatic N) is 2. The Morgan fingerprint density at radius 1 is 1.38 bits per heavy atom. The molecule has 5 nitrogen and oxygen atoms in total. The second kappa shape index (κ2) is 9.18. The van der Waals surface area contributed by atoms with Gasteiger partial charge in [0.15, 0.2) is 5.96 Å². The normalized spacial score (nSPS) is 17.4. The van der Waals surface area contributed by atoms with E-state index < -0.39 is 0 Å². The molecule has 1 aliphatic heterocycles. The molecular weight excluding hydrogens is 322 g/mol. The van der Waals surface area contributed by atoms with Crippen molar-refractivity contribution in [2.24, 2.45) is 4.99 Å². The first-order valence-electron chi connectivity index (χ1n) is 8.31. The summed E-state index contributed by atoms with van der Waals surface area (Å²) in [5, 5.41) is 3.55. The van der Waals surface area contributed by atoms with E-state index in [1.165, 1.54) is 0 Å². The molecule has 0 spiro atoms. The average Bonchev–Trinajstić information content (AvgIpc) is 2.63. The second-order valence-electron chi connectivity index (χ2n) is 6.07. The lowest BCUT2D eigenvalue weighted by Crippen LogP contribution is -2.48. The molecule has 1 saturated heterocycles. The Morgan fingerprint density at radius 3 is 2.71 bits per heavy atom. The number of hydrogen-bond donors (Lipinski definition) is 1. The molecule has 1 aromatic rings. The fourth-order valence-corrected chi connectivity index (χ4v) is 3.78. The van der Waals surface area contributed by atoms with Crippen LogP contribution in [0.2, 0.25) is 0 Å². The third kappa shape index (κ3) is 4.80. The number of guanidine groups is 1. The van der Waals surface area contributed by atoms with Gasteiger partial charge in [0.2, 0.25) is 0 Å². The first-order chi connectivity index (χ1) is 11.6. The number of para-hydroxylation sites is 1. The summed E-state index contributed by atoms with van der Waals surface area (Å²) in [7, 11) is 5.59. The van der Waals surface area contributed by atoms with Gasteiger partial charge >= 0.3 is 0 Å². The Labute approximate surface area is 149 Å². The SMILES string of the molecule is CN=C(NCC1(SC)CCOCC1)N(C)Cc1ccccc1OC. The van der Waals surface area contributed by atoms with Crippen LogP contribution in [-0.4, -0.2) is 62.8 Å². The summed E-state index contributed by atoms with van der Waals surface area (Å²) < 4.78 is 11.2. The zero-order valence-electron chi connectivity index (χ0n) is 15.2. The number of thioether (sulfide) groups is 1. The lowest BCUT2D eigenvalue weighted by molar-refractivity contribution is 0.0781. The molecule has 0 saturated carbocycles. The third-order valence-electron chi connectivity index (χ3n) is 4.58. The van der Waals surface area contributed by atoms with E-state index in [0.717, 1.165) is 56.4 Å². The monoisotopic (exact) mass is 351 g/mol. The van der Waals surface area contributed by atoms with Crippen LogP contribution in [0.1, 0.15) is 18.4 Å². The molecule has 2 rings (SSSR count). The molecular formula is C18H29N3O2S. The van der Waals surface area contributed by atoms with Gasteiger partial charge < -0.3 is 19.7 Å². The van der Waals surface area contributed by atoms with Crippen LogP contribution in [0.3, 0.4) is 0 Å². The second-order valence-corrected chi connectivity index (χ2v) is 7.34. The Bertz CT molecular complexity index is 545. The molecule has 0 amide bonds. The van der Waals surface area contributed by atoms with Crippen molar-refractivity contribution in [3.8, 4) is 5.75 Å². The molecule has 0 unspecified atom stereocenters. The molecule has 1 N–H and O–H groups in total. The Hall–Kier alpha value is -1.40. The van der Waals surface area contributed by atoms with Crippen molar-refractivity contribution in [2.45, 2.75) is 24.1 Å². The van der Waals surface area contributed by atoms with Gasteiger partial charge in [-0.1, -0.05) is 18.2 Å². The van der Waals surface area contributed by atoms with E-state index in [0.29, 0.717) is 0 Å². The summed E-state index contributed by atoms with van der Waals surface area (Å²) in [6.07, 6.45) is 4.34. The zero-order valence-corrected chi connectivity index (χ0v) is 16.0. The van der Waals surface area contributed by atoms with E-state index in [9.17, 15) is 0 Å². The Morgan fingerprint density at radius 2 is 2.08 bits per heavy atom. The van der Waals surface area contributed by atoms with Crippen molar-refractivity contribution < 1.29 is 9.47 Å². The largest absolute Gasteiger partial charge is 0.496 e. The highest BCUT2D eigenvalue weighted by Gasteiger charge is 2.32. The van der Waals surface area contributed by atoms with Gasteiger partial charge in [0.25, 0.3) is 0 Å². The van der Waals surface area contributed by atoms with Crippen molar-refractivity contribution in [3.05, 3.63) is 29.8 Å². The third-order valence-corrected chi connectivity index (χ3v) is 6.00. The van der Waals surface area contributed by atoms with Crippen LogP contribution in [-0.2, 0) is 11.3 Å². The van der Waals surface area contributed by atoms with E-state index in [1.807, 2.05) is 37.0 Å². The quantitative estimate of drug-likeness (QED) is 0.631. The number of rotatable bonds is 6. The van der Waals surface area contributed by atoms with Crippen LogP contribution in [0.15, 0.2) is 29.3 Å². The minimum Gasteiger partial charge on any atom is -0.496 e. The van der Waals surface area contributed by atoms with E-state index in [2.05, 4.69) is 34.6 Å². The zero-order chi connectivity index (χ0) is 17.4. The minimum atomic E-state index is 0.236. The van der Waals surface area contributed by atoms with Gasteiger partial charge in [-0.25, -0.2) is 0 Å². The number of ether oxygens (including phenoxy) is 2. The fraction of sp³-hybridized carbons (Fsp3) is 0.611. The van der Waals surface area contributed by atoms with Gasteiger partial charge in [0, 0.05) is 50.7 Å². The maximum Gasteiger partial charge on any atom is 0.193 e. The van der Waals surface area contributed by atoms with Gasteiger partial charge in [-0.2, -0.15) is 11.8 Å². The van der Waals surface area contributed by atoms with E-state index in [4.69, 9.17) is 9.47 Å². The fourth-order valence-electron chi connectivity index (χ4n) is 2.99. The summed E-state index contributed by atoms with van der Waals surface area (Å²) >= 11 is 1.93. The van der Waals surface area contributed by atoms with Crippen LogP contribution in [0, 0.1) is 0 Å². The van der Waals surface area contributed by atoms with Crippen molar-refractivity contribution in [3.63, 3.8) is 0 Å².